The zero-order chi connectivity index (χ0) is 74.4. The molecule has 592 valence electrons. The molecule has 1 aliphatic rings. The summed E-state index contributed by atoms with van der Waals surface area (Å²) in [7, 11) is 0. The number of hydrogen-bond acceptors (Lipinski definition) is 0. The smallest absolute Gasteiger partial charge is 0.0654 e. The molecular weight excluding hydrogens is 1290 g/mol. The SMILES string of the molecule is CC#Cc1c(CCC)cc(C2=C(C=CCCCCCCCCCCCCCCCCCCCCCCCCCCCC)C(CCCC)=C(c3cc(CCC)c(C#CC)c(CCC)c3)[N+]2=[N-])cc1CCC.CCCCCCCCCCCCCCC[CH2][Ni][CH2]CCCCCCCCCCCCCCC. The second-order valence-electron chi connectivity index (χ2n) is 31.8. The first-order valence-corrected chi connectivity index (χ1v) is 47.5. The summed E-state index contributed by atoms with van der Waals surface area (Å²) in [6.07, 6.45) is 95.3. The van der Waals surface area contributed by atoms with Gasteiger partial charge in [-0.1, -0.05) is 311 Å². The van der Waals surface area contributed by atoms with Crippen molar-refractivity contribution < 1.29 is 19.1 Å². The van der Waals surface area contributed by atoms with E-state index in [-0.39, 0.29) is 0 Å². The minimum absolute atomic E-state index is 0.928. The Morgan fingerprint density at radius 3 is 0.786 bits per heavy atom. The van der Waals surface area contributed by atoms with Crippen LogP contribution in [-0.4, -0.2) is 4.70 Å². The van der Waals surface area contributed by atoms with Crippen LogP contribution in [0.4, 0.5) is 0 Å². The van der Waals surface area contributed by atoms with Gasteiger partial charge >= 0.3 is 166 Å². The van der Waals surface area contributed by atoms with E-state index in [1.54, 1.807) is 4.70 Å². The van der Waals surface area contributed by atoms with Gasteiger partial charge in [-0.25, -0.2) is 4.70 Å². The van der Waals surface area contributed by atoms with Crippen LogP contribution in [-0.2, 0) is 40.1 Å². The molecule has 0 atom stereocenters. The Morgan fingerprint density at radius 2 is 0.534 bits per heavy atom. The van der Waals surface area contributed by atoms with Crippen molar-refractivity contribution in [2.75, 3.05) is 0 Å². The van der Waals surface area contributed by atoms with Gasteiger partial charge in [0.2, 0.25) is 11.4 Å². The summed E-state index contributed by atoms with van der Waals surface area (Å²) in [6.45, 7) is 22.2. The predicted molar refractivity (Wildman–Crippen MR) is 461 cm³/mol. The first-order chi connectivity index (χ1) is 50.8. The third-order valence-corrected chi connectivity index (χ3v) is 23.4. The summed E-state index contributed by atoms with van der Waals surface area (Å²) in [4.78, 5) is 0. The fourth-order valence-electron chi connectivity index (χ4n) is 15.8. The van der Waals surface area contributed by atoms with E-state index in [1.165, 1.54) is 402 Å². The normalized spacial score (nSPS) is 12.3. The topological polar surface area (TPSA) is 25.3 Å². The summed E-state index contributed by atoms with van der Waals surface area (Å²) in [5, 5.41) is 2.87. The summed E-state index contributed by atoms with van der Waals surface area (Å²) in [6, 6.07) is 9.40. The van der Waals surface area contributed by atoms with Gasteiger partial charge in [0.15, 0.2) is 0 Å². The van der Waals surface area contributed by atoms with Crippen LogP contribution in [0.1, 0.15) is 512 Å². The number of benzene rings is 2. The van der Waals surface area contributed by atoms with E-state index in [2.05, 4.69) is 115 Å². The Bertz CT molecular complexity index is 2460. The number of rotatable bonds is 71. The molecule has 2 aromatic rings. The van der Waals surface area contributed by atoms with Gasteiger partial charge in [-0.3, -0.25) is 0 Å². The predicted octanol–water partition coefficient (Wildman–Crippen LogP) is 34.6. The summed E-state index contributed by atoms with van der Waals surface area (Å²) in [5.41, 5.74) is 26.9. The molecule has 3 heteroatoms. The molecule has 2 nitrogen and oxygen atoms in total. The van der Waals surface area contributed by atoms with Crippen LogP contribution in [0.3, 0.4) is 0 Å². The van der Waals surface area contributed by atoms with E-state index in [0.717, 1.165) is 99.6 Å². The molecule has 1 aliphatic heterocycles. The van der Waals surface area contributed by atoms with Crippen LogP contribution in [0.15, 0.2) is 47.6 Å². The average molecular weight is 1460 g/mol. The van der Waals surface area contributed by atoms with Gasteiger partial charge in [0.05, 0.1) is 5.57 Å². The number of nitrogens with zero attached hydrogens (tertiary/aromatic N) is 2. The van der Waals surface area contributed by atoms with Crippen molar-refractivity contribution in [3.63, 3.8) is 0 Å². The molecule has 0 saturated heterocycles. The van der Waals surface area contributed by atoms with E-state index >= 15 is 0 Å². The molecule has 0 aromatic heterocycles. The van der Waals surface area contributed by atoms with Gasteiger partial charge in [-0.05, 0) is 112 Å². The van der Waals surface area contributed by atoms with Crippen molar-refractivity contribution >= 4 is 11.4 Å². The van der Waals surface area contributed by atoms with E-state index in [0.29, 0.717) is 0 Å². The summed E-state index contributed by atoms with van der Waals surface area (Å²) < 4.78 is 1.59. The van der Waals surface area contributed by atoms with Gasteiger partial charge in [-0.2, -0.15) is 0 Å². The maximum atomic E-state index is 12.8. The zero-order valence-electron chi connectivity index (χ0n) is 70.8. The first-order valence-electron chi connectivity index (χ1n) is 46.1. The maximum absolute atomic E-state index is 12.8. The van der Waals surface area contributed by atoms with E-state index in [4.69, 9.17) is 0 Å². The fraction of sp³-hybridized carbons (Fsp3) is 0.780. The second-order valence-corrected chi connectivity index (χ2v) is 33.3. The Morgan fingerprint density at radius 1 is 0.291 bits per heavy atom. The van der Waals surface area contributed by atoms with Gasteiger partial charge < -0.3 is 5.53 Å². The second kappa shape index (κ2) is 71.8. The molecule has 2 aromatic carbocycles. The quantitative estimate of drug-likeness (QED) is 0.0273. The molecule has 0 amide bonds. The van der Waals surface area contributed by atoms with Crippen molar-refractivity contribution in [3.8, 4) is 23.7 Å². The third kappa shape index (κ3) is 48.1. The van der Waals surface area contributed by atoms with Crippen LogP contribution in [0.5, 0.6) is 0 Å². The molecule has 0 aliphatic carbocycles. The molecule has 0 bridgehead atoms. The number of hydrogen-bond donors (Lipinski definition) is 0. The molecule has 0 N–H and O–H groups in total. The van der Waals surface area contributed by atoms with Crippen molar-refractivity contribution in [1.82, 2.24) is 0 Å². The van der Waals surface area contributed by atoms with Crippen molar-refractivity contribution in [2.24, 2.45) is 0 Å². The Labute approximate surface area is 651 Å². The Kier molecular flexibility index (Phi) is 66.9. The van der Waals surface area contributed by atoms with Gasteiger partial charge in [0.25, 0.3) is 0 Å². The minimum atomic E-state index is 0.928. The van der Waals surface area contributed by atoms with Crippen LogP contribution in [0, 0.1) is 23.7 Å². The Balaban J connectivity index is 0.000000915. The summed E-state index contributed by atoms with van der Waals surface area (Å²) >= 11 is 2.04. The number of unbranched alkanes of at least 4 members (excludes halogenated alkanes) is 53. The van der Waals surface area contributed by atoms with Gasteiger partial charge in [-0.15, -0.1) is 11.8 Å². The van der Waals surface area contributed by atoms with E-state index in [1.807, 2.05) is 28.3 Å². The monoisotopic (exact) mass is 1460 g/mol. The van der Waals surface area contributed by atoms with Gasteiger partial charge in [0.1, 0.15) is 0 Å². The summed E-state index contributed by atoms with van der Waals surface area (Å²) in [5.74, 6) is 13.4. The van der Waals surface area contributed by atoms with E-state index < -0.39 is 0 Å². The average Bonchev–Trinajstić information content (AvgIpc) is 1.60. The fourth-order valence-corrected chi connectivity index (χ4v) is 17.0. The first kappa shape index (κ1) is 96.0. The molecular formula is C100H172N2Ni. The molecule has 103 heavy (non-hydrogen) atoms. The number of allylic oxidation sites excluding steroid dienone is 4. The third-order valence-electron chi connectivity index (χ3n) is 22.0. The van der Waals surface area contributed by atoms with Crippen molar-refractivity contribution in [1.29, 1.82) is 0 Å². The van der Waals surface area contributed by atoms with Crippen LogP contribution in [0.25, 0.3) is 16.9 Å². The number of aryl methyl sites for hydroxylation is 4. The van der Waals surface area contributed by atoms with Crippen molar-refractivity contribution in [2.45, 2.75) is 504 Å². The molecule has 0 spiro atoms. The zero-order valence-corrected chi connectivity index (χ0v) is 71.7. The Hall–Kier alpha value is -3.13. The van der Waals surface area contributed by atoms with E-state index in [9.17, 15) is 5.53 Å². The minimum Gasteiger partial charge on any atom is -0.0654 e. The standard InChI is InChI=1S/C68H106N2.2C16H33.Ni/c1-9-17-19-20-21-22-23-24-25-26-27-28-29-30-31-32-33-34-35-36-37-38-39-40-41-42-43-44-52-66-65(51-18-10-2)67(61-53-57(45-11-3)63(49-15-7)58(54-61)46-12-4)70(69)68(66)62-55-59(47-13-5)64(50-16-8)60(56-62)48-14-6;2*1-3-5-7-9-11-13-15-16-14-12-10-8-6-4-2;/h44,52-56H,9-14,17-43,45-48,51H2,1-8H3;2*1,3-16H2,2H3;. The molecule has 0 unspecified atom stereocenters. The van der Waals surface area contributed by atoms with Gasteiger partial charge in [0, 0.05) is 27.8 Å². The van der Waals surface area contributed by atoms with Crippen molar-refractivity contribution in [3.05, 3.63) is 97.6 Å². The molecule has 3 rings (SSSR count). The molecule has 1 heterocycles. The molecule has 0 saturated carbocycles. The molecule has 0 radical (unpaired) electrons. The molecule has 0 fully saturated rings. The van der Waals surface area contributed by atoms with Crippen LogP contribution < -0.4 is 0 Å². The van der Waals surface area contributed by atoms with Crippen LogP contribution >= 0.6 is 0 Å². The van der Waals surface area contributed by atoms with Crippen LogP contribution in [0.2, 0.25) is 10.8 Å².